The number of nitrogens with zero attached hydrogens (tertiary/aromatic N) is 5. The Morgan fingerprint density at radius 2 is 1.82 bits per heavy atom. The van der Waals surface area contributed by atoms with Gasteiger partial charge in [-0.3, -0.25) is 14.3 Å². The van der Waals surface area contributed by atoms with Gasteiger partial charge < -0.3 is 10.6 Å². The molecule has 4 heterocycles. The fraction of sp³-hybridized carbons (Fsp3) is 0.280. The second kappa shape index (κ2) is 9.58. The normalized spacial score (nSPS) is 14.3. The number of primary amides is 1. The zero-order valence-corrected chi connectivity index (χ0v) is 18.2. The van der Waals surface area contributed by atoms with Crippen LogP contribution in [0.25, 0.3) is 28.1 Å². The smallest absolute Gasteiger partial charge is 0.217 e. The number of nitrogens with two attached hydrogens (primary N) is 1. The third-order valence-corrected chi connectivity index (χ3v) is 6.23. The summed E-state index contributed by atoms with van der Waals surface area (Å²) in [5, 5.41) is 0.684. The molecule has 0 unspecified atom stereocenters. The second-order valence-electron chi connectivity index (χ2n) is 8.12. The van der Waals surface area contributed by atoms with Gasteiger partial charge in [-0.25, -0.2) is 9.97 Å². The van der Waals surface area contributed by atoms with Crippen LogP contribution >= 0.6 is 11.6 Å². The summed E-state index contributed by atoms with van der Waals surface area (Å²) >= 11 is 6.10. The lowest BCUT2D eigenvalue weighted by atomic mass is 9.93. The van der Waals surface area contributed by atoms with Crippen LogP contribution < -0.4 is 10.6 Å². The van der Waals surface area contributed by atoms with Crippen molar-refractivity contribution in [2.45, 2.75) is 26.7 Å². The minimum atomic E-state index is -0.218. The van der Waals surface area contributed by atoms with Crippen molar-refractivity contribution in [3.8, 4) is 17.1 Å². The molecule has 0 radical (unpaired) electrons. The average molecular weight is 463 g/mol. The maximum Gasteiger partial charge on any atom is 0.217 e. The van der Waals surface area contributed by atoms with E-state index in [0.29, 0.717) is 17.4 Å². The van der Waals surface area contributed by atoms with E-state index in [2.05, 4.69) is 20.5 Å². The summed E-state index contributed by atoms with van der Waals surface area (Å²) in [4.78, 5) is 27.3. The highest BCUT2D eigenvalue weighted by atomic mass is 35.5. The molecule has 1 saturated heterocycles. The number of halogens is 1. The second-order valence-corrected chi connectivity index (χ2v) is 8.55. The molecule has 2 N–H and O–H groups in total. The molecule has 33 heavy (non-hydrogen) atoms. The number of aromatic nitrogens is 4. The van der Waals surface area contributed by atoms with Crippen LogP contribution in [0.1, 0.15) is 26.7 Å². The van der Waals surface area contributed by atoms with Gasteiger partial charge >= 0.3 is 0 Å². The summed E-state index contributed by atoms with van der Waals surface area (Å²) in [6.45, 7) is 1.75. The van der Waals surface area contributed by atoms with E-state index >= 15 is 0 Å². The Morgan fingerprint density at radius 1 is 1.06 bits per heavy atom. The van der Waals surface area contributed by atoms with E-state index in [9.17, 15) is 4.79 Å². The van der Waals surface area contributed by atoms with Crippen LogP contribution in [-0.2, 0) is 4.79 Å². The van der Waals surface area contributed by atoms with Crippen LogP contribution in [0.4, 0.5) is 5.82 Å². The molecule has 1 amide bonds. The van der Waals surface area contributed by atoms with E-state index < -0.39 is 0 Å². The van der Waals surface area contributed by atoms with Gasteiger partial charge in [0, 0.05) is 48.2 Å². The van der Waals surface area contributed by atoms with Gasteiger partial charge in [0.2, 0.25) is 5.91 Å². The lowest BCUT2D eigenvalue weighted by Crippen LogP contribution is -2.35. The predicted molar refractivity (Wildman–Crippen MR) is 133 cm³/mol. The molecule has 4 aromatic rings. The molecular weight excluding hydrogens is 436 g/mol. The number of anilines is 1. The lowest BCUT2D eigenvalue weighted by Gasteiger charge is -2.32. The van der Waals surface area contributed by atoms with E-state index in [4.69, 9.17) is 27.3 Å². The largest absolute Gasteiger partial charge is 0.370 e. The first-order valence-corrected chi connectivity index (χ1v) is 11.0. The van der Waals surface area contributed by atoms with Gasteiger partial charge in [0.1, 0.15) is 11.6 Å². The van der Waals surface area contributed by atoms with Gasteiger partial charge in [-0.1, -0.05) is 19.0 Å². The molecule has 0 aliphatic carbocycles. The number of hydrogen-bond acceptors (Lipinski definition) is 5. The molecule has 7 nitrogen and oxygen atoms in total. The maximum absolute atomic E-state index is 11.2. The molecule has 0 saturated carbocycles. The van der Waals surface area contributed by atoms with Crippen molar-refractivity contribution in [3.05, 3.63) is 66.1 Å². The van der Waals surface area contributed by atoms with Gasteiger partial charge in [0.05, 0.1) is 17.2 Å². The van der Waals surface area contributed by atoms with Crippen LogP contribution in [0.5, 0.6) is 0 Å². The minimum absolute atomic E-state index is 0. The highest BCUT2D eigenvalue weighted by Gasteiger charge is 2.22. The zero-order valence-electron chi connectivity index (χ0n) is 17.5. The Labute approximate surface area is 198 Å². The van der Waals surface area contributed by atoms with Crippen LogP contribution in [0.3, 0.4) is 0 Å². The highest BCUT2D eigenvalue weighted by molar-refractivity contribution is 6.30. The molecule has 0 spiro atoms. The predicted octanol–water partition coefficient (Wildman–Crippen LogP) is 4.86. The summed E-state index contributed by atoms with van der Waals surface area (Å²) in [7, 11) is 0. The quantitative estimate of drug-likeness (QED) is 0.457. The summed E-state index contributed by atoms with van der Waals surface area (Å²) in [5.41, 5.74) is 9.01. The van der Waals surface area contributed by atoms with Gasteiger partial charge in [-0.2, -0.15) is 0 Å². The molecule has 1 aromatic carbocycles. The summed E-state index contributed by atoms with van der Waals surface area (Å²) in [6.07, 6.45) is 7.80. The first-order chi connectivity index (χ1) is 15.6. The zero-order chi connectivity index (χ0) is 22.1. The lowest BCUT2D eigenvalue weighted by molar-refractivity contribution is -0.119. The Kier molecular flexibility index (Phi) is 6.60. The highest BCUT2D eigenvalue weighted by Crippen LogP contribution is 2.30. The molecule has 170 valence electrons. The molecule has 1 aliphatic rings. The number of fused-ring (bicyclic) bond motifs is 1. The minimum Gasteiger partial charge on any atom is -0.370 e. The summed E-state index contributed by atoms with van der Waals surface area (Å²) in [5.74, 6) is 1.89. The molecule has 3 aromatic heterocycles. The number of hydrogen-bond donors (Lipinski definition) is 1. The standard InChI is InChI=1S/C24H23ClN6O.CH4/c25-18-2-4-19(5-3-18)31-21-15-27-10-7-20(21)29-24(31)17-1-6-23(28-14-17)30-11-8-16(9-12-30)13-22(26)32;/h1-7,10,14-16H,8-9,11-13H2,(H2,26,32);1H4. The van der Waals surface area contributed by atoms with Crippen LogP contribution in [0.15, 0.2) is 61.1 Å². The van der Waals surface area contributed by atoms with E-state index in [0.717, 1.165) is 59.9 Å². The molecule has 1 fully saturated rings. The average Bonchev–Trinajstić information content (AvgIpc) is 3.19. The first kappa shape index (κ1) is 22.7. The fourth-order valence-corrected chi connectivity index (χ4v) is 4.45. The van der Waals surface area contributed by atoms with E-state index in [1.165, 1.54) is 0 Å². The van der Waals surface area contributed by atoms with E-state index in [1.807, 2.05) is 48.8 Å². The number of amides is 1. The fourth-order valence-electron chi connectivity index (χ4n) is 4.33. The van der Waals surface area contributed by atoms with Crippen LogP contribution in [-0.4, -0.2) is 38.5 Å². The number of carbonyl (C=O) groups is 1. The van der Waals surface area contributed by atoms with Crippen molar-refractivity contribution in [1.29, 1.82) is 0 Å². The first-order valence-electron chi connectivity index (χ1n) is 10.7. The third-order valence-electron chi connectivity index (χ3n) is 5.98. The van der Waals surface area contributed by atoms with Crippen molar-refractivity contribution in [3.63, 3.8) is 0 Å². The molecule has 0 atom stereocenters. The molecular formula is C25H27ClN6O. The number of rotatable bonds is 5. The van der Waals surface area contributed by atoms with E-state index in [-0.39, 0.29) is 13.3 Å². The monoisotopic (exact) mass is 462 g/mol. The van der Waals surface area contributed by atoms with Crippen LogP contribution in [0.2, 0.25) is 5.02 Å². The Bertz CT molecular complexity index is 1240. The summed E-state index contributed by atoms with van der Waals surface area (Å²) < 4.78 is 2.07. The number of pyridine rings is 2. The summed E-state index contributed by atoms with van der Waals surface area (Å²) in [6, 6.07) is 13.7. The van der Waals surface area contributed by atoms with Crippen LogP contribution in [0, 0.1) is 5.92 Å². The van der Waals surface area contributed by atoms with Gasteiger partial charge in [-0.15, -0.1) is 0 Å². The van der Waals surface area contributed by atoms with Crippen molar-refractivity contribution in [2.24, 2.45) is 11.7 Å². The molecule has 1 aliphatic heterocycles. The van der Waals surface area contributed by atoms with E-state index in [1.54, 1.807) is 6.20 Å². The van der Waals surface area contributed by atoms with Gasteiger partial charge in [0.25, 0.3) is 0 Å². The number of imidazole rings is 1. The molecule has 0 bridgehead atoms. The van der Waals surface area contributed by atoms with Gasteiger partial charge in [0.15, 0.2) is 0 Å². The Hall–Kier alpha value is -3.45. The Balaban J connectivity index is 0.00000259. The van der Waals surface area contributed by atoms with Crippen molar-refractivity contribution >= 4 is 34.4 Å². The molecule has 8 heteroatoms. The third kappa shape index (κ3) is 4.68. The SMILES string of the molecule is C.NC(=O)CC1CCN(c2ccc(-c3nc4ccncc4n3-c3ccc(Cl)cc3)cn2)CC1. The number of benzene rings is 1. The number of carbonyl (C=O) groups excluding carboxylic acids is 1. The number of piperidine rings is 1. The topological polar surface area (TPSA) is 89.9 Å². The maximum atomic E-state index is 11.2. The molecule has 5 rings (SSSR count). The van der Waals surface area contributed by atoms with Crippen molar-refractivity contribution in [1.82, 2.24) is 19.5 Å². The van der Waals surface area contributed by atoms with Crippen molar-refractivity contribution < 1.29 is 4.79 Å². The van der Waals surface area contributed by atoms with Crippen molar-refractivity contribution in [2.75, 3.05) is 18.0 Å². The Morgan fingerprint density at radius 3 is 2.48 bits per heavy atom. The van der Waals surface area contributed by atoms with Gasteiger partial charge in [-0.05, 0) is 61.2 Å².